The van der Waals surface area contributed by atoms with Gasteiger partial charge in [0.05, 0.1) is 5.56 Å². The number of carbonyl (C=O) groups is 2. The molecule has 0 spiro atoms. The molecule has 5 nitrogen and oxygen atoms in total. The van der Waals surface area contributed by atoms with Gasteiger partial charge in [0.25, 0.3) is 5.91 Å². The molecule has 0 saturated heterocycles. The van der Waals surface area contributed by atoms with E-state index >= 15 is 0 Å². The molecular weight excluding hydrogens is 410 g/mol. The third kappa shape index (κ3) is 4.36. The van der Waals surface area contributed by atoms with E-state index in [9.17, 15) is 14.7 Å². The number of nitrogens with one attached hydrogen (secondary N) is 1. The number of hydrogen-bond acceptors (Lipinski definition) is 4. The van der Waals surface area contributed by atoms with E-state index in [1.807, 2.05) is 11.4 Å². The van der Waals surface area contributed by atoms with Crippen molar-refractivity contribution < 1.29 is 19.8 Å². The number of carboxylic acid groups (broad SMARTS) is 1. The maximum atomic E-state index is 13.2. The van der Waals surface area contributed by atoms with Gasteiger partial charge in [-0.2, -0.15) is 0 Å². The summed E-state index contributed by atoms with van der Waals surface area (Å²) in [5.74, 6) is 0.939. The van der Waals surface area contributed by atoms with Crippen LogP contribution in [0, 0.1) is 23.2 Å². The number of rotatable bonds is 8. The standard InChI is InChI=1S/C25H31NO4S/c1-25(2)16-11-15(7-5-3-4-6-8-22(28)29)23(20(25)12-16)26-24(30)19-14-31-21-10-9-17(27)13-18(19)21/h3,5,9-10,13-16,20,23,27H,4,6-8,11-12H2,1-2H3,(H,26,30)(H,28,29)/b5-3+/t15-,16+,20+,23-/m1/s1. The first-order valence-corrected chi connectivity index (χ1v) is 12.0. The highest BCUT2D eigenvalue weighted by molar-refractivity contribution is 7.17. The molecule has 5 rings (SSSR count). The van der Waals surface area contributed by atoms with Gasteiger partial charge in [-0.1, -0.05) is 26.0 Å². The summed E-state index contributed by atoms with van der Waals surface area (Å²) >= 11 is 1.52. The number of allylic oxidation sites excluding steroid dienone is 2. The Labute approximate surface area is 187 Å². The van der Waals surface area contributed by atoms with Crippen LogP contribution < -0.4 is 5.32 Å². The van der Waals surface area contributed by atoms with Gasteiger partial charge in [0.15, 0.2) is 0 Å². The van der Waals surface area contributed by atoms with Crippen LogP contribution in [0.2, 0.25) is 0 Å². The van der Waals surface area contributed by atoms with Crippen molar-refractivity contribution in [3.63, 3.8) is 0 Å². The van der Waals surface area contributed by atoms with Gasteiger partial charge in [-0.15, -0.1) is 11.3 Å². The lowest BCUT2D eigenvalue weighted by Crippen LogP contribution is -2.63. The number of fused-ring (bicyclic) bond motifs is 3. The van der Waals surface area contributed by atoms with E-state index in [2.05, 4.69) is 31.3 Å². The van der Waals surface area contributed by atoms with Crippen LogP contribution in [0.3, 0.4) is 0 Å². The molecule has 2 aromatic rings. The van der Waals surface area contributed by atoms with Crippen molar-refractivity contribution in [1.82, 2.24) is 5.32 Å². The third-order valence-electron chi connectivity index (χ3n) is 7.54. The Hall–Kier alpha value is -2.34. The number of carboxylic acids is 1. The second-order valence-corrected chi connectivity index (χ2v) is 10.6. The van der Waals surface area contributed by atoms with Crippen molar-refractivity contribution in [2.24, 2.45) is 23.2 Å². The minimum atomic E-state index is -0.750. The fourth-order valence-electron chi connectivity index (χ4n) is 5.55. The number of thiophene rings is 1. The summed E-state index contributed by atoms with van der Waals surface area (Å²) in [7, 11) is 0. The lowest BCUT2D eigenvalue weighted by atomic mass is 9.44. The maximum absolute atomic E-state index is 13.2. The number of aliphatic carboxylic acids is 1. The Morgan fingerprint density at radius 2 is 2.06 bits per heavy atom. The van der Waals surface area contributed by atoms with E-state index in [1.165, 1.54) is 17.8 Å². The quantitative estimate of drug-likeness (QED) is 0.368. The van der Waals surface area contributed by atoms with Gasteiger partial charge < -0.3 is 15.5 Å². The van der Waals surface area contributed by atoms with E-state index in [0.717, 1.165) is 29.3 Å². The molecule has 1 heterocycles. The zero-order chi connectivity index (χ0) is 22.2. The molecule has 166 valence electrons. The van der Waals surface area contributed by atoms with Crippen LogP contribution in [0.1, 0.15) is 62.7 Å². The molecule has 3 fully saturated rings. The summed E-state index contributed by atoms with van der Waals surface area (Å²) < 4.78 is 0.997. The number of unbranched alkanes of at least 4 members (excludes halogenated alkanes) is 1. The van der Waals surface area contributed by atoms with E-state index in [4.69, 9.17) is 5.11 Å². The largest absolute Gasteiger partial charge is 0.508 e. The van der Waals surface area contributed by atoms with Gasteiger partial charge in [-0.25, -0.2) is 0 Å². The first-order valence-electron chi connectivity index (χ1n) is 11.1. The average Bonchev–Trinajstić information content (AvgIpc) is 3.13. The van der Waals surface area contributed by atoms with Crippen LogP contribution >= 0.6 is 11.3 Å². The number of amides is 1. The molecular formula is C25H31NO4S. The summed E-state index contributed by atoms with van der Waals surface area (Å²) in [5, 5.41) is 24.7. The Kier molecular flexibility index (Phi) is 6.11. The molecule has 2 bridgehead atoms. The number of phenols is 1. The second-order valence-electron chi connectivity index (χ2n) is 9.68. The van der Waals surface area contributed by atoms with Crippen LogP contribution in [0.4, 0.5) is 0 Å². The molecule has 1 aromatic carbocycles. The Morgan fingerprint density at radius 3 is 2.81 bits per heavy atom. The molecule has 31 heavy (non-hydrogen) atoms. The molecule has 0 aliphatic heterocycles. The number of aromatic hydroxyl groups is 1. The fourth-order valence-corrected chi connectivity index (χ4v) is 6.47. The molecule has 4 atom stereocenters. The zero-order valence-corrected chi connectivity index (χ0v) is 19.0. The highest BCUT2D eigenvalue weighted by Crippen LogP contribution is 2.61. The molecule has 1 amide bonds. The molecule has 3 N–H and O–H groups in total. The van der Waals surface area contributed by atoms with E-state index < -0.39 is 5.97 Å². The molecule has 1 aromatic heterocycles. The summed E-state index contributed by atoms with van der Waals surface area (Å²) in [6, 6.07) is 5.30. The molecule has 0 radical (unpaired) electrons. The summed E-state index contributed by atoms with van der Waals surface area (Å²) in [6.45, 7) is 4.64. The Balaban J connectivity index is 1.46. The molecule has 3 aliphatic rings. The van der Waals surface area contributed by atoms with Gasteiger partial charge in [0.2, 0.25) is 0 Å². The lowest BCUT2D eigenvalue weighted by Gasteiger charge is -2.62. The SMILES string of the molecule is CC1(C)[C@H]2C[C@@H](C/C=C/CCCC(=O)O)[C@@H](NC(=O)c3csc4ccc(O)cc34)[C@@H]1C2. The van der Waals surface area contributed by atoms with Gasteiger partial charge in [-0.05, 0) is 73.5 Å². The third-order valence-corrected chi connectivity index (χ3v) is 8.50. The van der Waals surface area contributed by atoms with E-state index in [-0.39, 0.29) is 29.5 Å². The van der Waals surface area contributed by atoms with Crippen molar-refractivity contribution in [3.05, 3.63) is 41.3 Å². The molecule has 6 heteroatoms. The Bertz CT molecular complexity index is 1010. The van der Waals surface area contributed by atoms with Crippen molar-refractivity contribution in [2.75, 3.05) is 0 Å². The van der Waals surface area contributed by atoms with Crippen molar-refractivity contribution >= 4 is 33.3 Å². The minimum absolute atomic E-state index is 0.0570. The number of phenolic OH excluding ortho intramolecular Hbond substituents is 1. The van der Waals surface area contributed by atoms with Crippen LogP contribution in [-0.4, -0.2) is 28.1 Å². The number of carbonyl (C=O) groups excluding carboxylic acids is 1. The normalized spacial score (nSPS) is 26.6. The van der Waals surface area contributed by atoms with Crippen LogP contribution in [0.5, 0.6) is 5.75 Å². The summed E-state index contributed by atoms with van der Waals surface area (Å²) in [6.07, 6.45) is 9.08. The first-order chi connectivity index (χ1) is 14.8. The van der Waals surface area contributed by atoms with Crippen LogP contribution in [0.15, 0.2) is 35.7 Å². The van der Waals surface area contributed by atoms with Gasteiger partial charge in [0.1, 0.15) is 5.75 Å². The first kappa shape index (κ1) is 21.9. The number of hydrogen-bond donors (Lipinski definition) is 3. The minimum Gasteiger partial charge on any atom is -0.508 e. The van der Waals surface area contributed by atoms with E-state index in [0.29, 0.717) is 29.7 Å². The second kappa shape index (κ2) is 8.65. The molecule has 3 saturated carbocycles. The zero-order valence-electron chi connectivity index (χ0n) is 18.1. The highest BCUT2D eigenvalue weighted by atomic mass is 32.1. The number of benzene rings is 1. The smallest absolute Gasteiger partial charge is 0.303 e. The lowest BCUT2D eigenvalue weighted by molar-refractivity contribution is -0.137. The van der Waals surface area contributed by atoms with Crippen LogP contribution in [-0.2, 0) is 4.79 Å². The van der Waals surface area contributed by atoms with Crippen LogP contribution in [0.25, 0.3) is 10.1 Å². The highest BCUT2D eigenvalue weighted by Gasteiger charge is 2.57. The maximum Gasteiger partial charge on any atom is 0.303 e. The van der Waals surface area contributed by atoms with Crippen molar-refractivity contribution in [2.45, 2.75) is 58.4 Å². The van der Waals surface area contributed by atoms with Crippen molar-refractivity contribution in [1.29, 1.82) is 0 Å². The summed E-state index contributed by atoms with van der Waals surface area (Å²) in [4.78, 5) is 23.9. The predicted molar refractivity (Wildman–Crippen MR) is 123 cm³/mol. The topological polar surface area (TPSA) is 86.6 Å². The van der Waals surface area contributed by atoms with Gasteiger partial charge in [0, 0.05) is 27.9 Å². The van der Waals surface area contributed by atoms with Crippen molar-refractivity contribution in [3.8, 4) is 5.75 Å². The fraction of sp³-hybridized carbons (Fsp3) is 0.520. The monoisotopic (exact) mass is 441 g/mol. The Morgan fingerprint density at radius 1 is 1.26 bits per heavy atom. The average molecular weight is 442 g/mol. The molecule has 3 aliphatic carbocycles. The predicted octanol–water partition coefficient (Wildman–Crippen LogP) is 5.59. The van der Waals surface area contributed by atoms with Gasteiger partial charge >= 0.3 is 5.97 Å². The van der Waals surface area contributed by atoms with Gasteiger partial charge in [-0.3, -0.25) is 9.59 Å². The van der Waals surface area contributed by atoms with E-state index in [1.54, 1.807) is 12.1 Å². The molecule has 0 unspecified atom stereocenters. The summed E-state index contributed by atoms with van der Waals surface area (Å²) in [5.41, 5.74) is 0.882.